The lowest BCUT2D eigenvalue weighted by Gasteiger charge is -2.31. The summed E-state index contributed by atoms with van der Waals surface area (Å²) in [6.07, 6.45) is 3.92. The lowest BCUT2D eigenvalue weighted by atomic mass is 9.88. The van der Waals surface area contributed by atoms with Crippen molar-refractivity contribution in [2.45, 2.75) is 19.3 Å². The fourth-order valence-electron chi connectivity index (χ4n) is 4.84. The Morgan fingerprint density at radius 1 is 0.971 bits per heavy atom. The first-order chi connectivity index (χ1) is 16.5. The first-order valence-electron chi connectivity index (χ1n) is 11.6. The zero-order valence-corrected chi connectivity index (χ0v) is 20.3. The smallest absolute Gasteiger partial charge is 0.203 e. The number of nitrogens with zero attached hydrogens (tertiary/aromatic N) is 2. The van der Waals surface area contributed by atoms with Gasteiger partial charge >= 0.3 is 0 Å². The predicted molar refractivity (Wildman–Crippen MR) is 131 cm³/mol. The Bertz CT molecular complexity index is 1170. The molecule has 3 aromatic rings. The van der Waals surface area contributed by atoms with Crippen LogP contribution in [0.25, 0.3) is 10.9 Å². The number of ether oxygens (including phenoxy) is 3. The molecular weight excluding hydrogens is 432 g/mol. The van der Waals surface area contributed by atoms with Crippen molar-refractivity contribution >= 4 is 22.5 Å². The topological polar surface area (TPSA) is 70.0 Å². The summed E-state index contributed by atoms with van der Waals surface area (Å²) >= 11 is 0. The molecule has 0 saturated carbocycles. The number of carbonyl (C=O) groups is 2. The van der Waals surface area contributed by atoms with E-state index < -0.39 is 0 Å². The van der Waals surface area contributed by atoms with Crippen molar-refractivity contribution in [3.8, 4) is 17.2 Å². The van der Waals surface area contributed by atoms with Crippen molar-refractivity contribution in [2.24, 2.45) is 13.0 Å². The highest BCUT2D eigenvalue weighted by Gasteiger charge is 2.28. The highest BCUT2D eigenvalue weighted by molar-refractivity contribution is 6.08. The summed E-state index contributed by atoms with van der Waals surface area (Å²) in [6.45, 7) is 2.29. The van der Waals surface area contributed by atoms with Gasteiger partial charge in [0.25, 0.3) is 0 Å². The van der Waals surface area contributed by atoms with Crippen LogP contribution in [0.1, 0.15) is 40.0 Å². The van der Waals surface area contributed by atoms with Gasteiger partial charge < -0.3 is 23.7 Å². The Labute approximate surface area is 200 Å². The van der Waals surface area contributed by atoms with E-state index >= 15 is 0 Å². The molecule has 0 bridgehead atoms. The minimum Gasteiger partial charge on any atom is -0.493 e. The van der Waals surface area contributed by atoms with Gasteiger partial charge in [-0.2, -0.15) is 0 Å². The number of ketones is 2. The number of benzene rings is 2. The molecule has 0 N–H and O–H groups in total. The molecule has 34 heavy (non-hydrogen) atoms. The Morgan fingerprint density at radius 2 is 1.62 bits per heavy atom. The minimum atomic E-state index is -0.0622. The second kappa shape index (κ2) is 10.3. The van der Waals surface area contributed by atoms with Crippen LogP contribution in [0.3, 0.4) is 0 Å². The number of rotatable bonds is 9. The van der Waals surface area contributed by atoms with Crippen LogP contribution in [-0.4, -0.2) is 62.0 Å². The molecule has 1 aliphatic heterocycles. The lowest BCUT2D eigenvalue weighted by Crippen LogP contribution is -2.37. The third-order valence-corrected chi connectivity index (χ3v) is 6.76. The van der Waals surface area contributed by atoms with E-state index in [1.807, 2.05) is 42.1 Å². The normalized spacial score (nSPS) is 14.8. The maximum absolute atomic E-state index is 13.2. The molecule has 1 aliphatic rings. The molecule has 1 fully saturated rings. The molecule has 0 spiro atoms. The fraction of sp³-hybridized carbons (Fsp3) is 0.407. The van der Waals surface area contributed by atoms with Crippen LogP contribution < -0.4 is 14.2 Å². The SMILES string of the molecule is COc1cc(C(=O)C2CCN(CCC(=O)c3cn(C)c4ccccc34)CC2)cc(OC)c1OC. The fourth-order valence-corrected chi connectivity index (χ4v) is 4.84. The summed E-state index contributed by atoms with van der Waals surface area (Å²) in [5, 5.41) is 1.00. The number of piperidine rings is 1. The molecule has 4 rings (SSSR count). The first kappa shape index (κ1) is 23.8. The zero-order chi connectivity index (χ0) is 24.2. The predicted octanol–water partition coefficient (Wildman–Crippen LogP) is 4.37. The maximum Gasteiger partial charge on any atom is 0.203 e. The third-order valence-electron chi connectivity index (χ3n) is 6.76. The summed E-state index contributed by atoms with van der Waals surface area (Å²) in [5.41, 5.74) is 2.42. The average molecular weight is 465 g/mol. The van der Waals surface area contributed by atoms with Crippen molar-refractivity contribution in [1.29, 1.82) is 0 Å². The molecule has 2 heterocycles. The number of para-hydroxylation sites is 1. The van der Waals surface area contributed by atoms with Crippen molar-refractivity contribution in [1.82, 2.24) is 9.47 Å². The first-order valence-corrected chi connectivity index (χ1v) is 11.6. The monoisotopic (exact) mass is 464 g/mol. The molecule has 7 nitrogen and oxygen atoms in total. The van der Waals surface area contributed by atoms with Crippen LogP contribution in [-0.2, 0) is 7.05 Å². The van der Waals surface area contributed by atoms with Crippen LogP contribution in [0, 0.1) is 5.92 Å². The molecule has 1 aromatic heterocycles. The van der Waals surface area contributed by atoms with Crippen LogP contribution in [0.5, 0.6) is 17.2 Å². The Balaban J connectivity index is 1.35. The Morgan fingerprint density at radius 3 is 2.24 bits per heavy atom. The van der Waals surface area contributed by atoms with Crippen LogP contribution >= 0.6 is 0 Å². The number of aromatic nitrogens is 1. The van der Waals surface area contributed by atoms with Crippen LogP contribution in [0.4, 0.5) is 0 Å². The quantitative estimate of drug-likeness (QED) is 0.438. The summed E-state index contributed by atoms with van der Waals surface area (Å²) < 4.78 is 18.1. The summed E-state index contributed by atoms with van der Waals surface area (Å²) in [6, 6.07) is 11.4. The molecular formula is C27H32N2O5. The van der Waals surface area contributed by atoms with E-state index in [9.17, 15) is 9.59 Å². The average Bonchev–Trinajstić information content (AvgIpc) is 3.22. The van der Waals surface area contributed by atoms with Crippen molar-refractivity contribution in [3.05, 3.63) is 53.7 Å². The summed E-state index contributed by atoms with van der Waals surface area (Å²) in [5.74, 6) is 1.63. The molecule has 0 radical (unpaired) electrons. The van der Waals surface area contributed by atoms with Gasteiger partial charge in [0.05, 0.1) is 21.3 Å². The molecule has 0 amide bonds. The van der Waals surface area contributed by atoms with Crippen molar-refractivity contribution in [3.63, 3.8) is 0 Å². The molecule has 180 valence electrons. The standard InChI is InChI=1S/C27H32N2O5/c1-28-17-21(20-7-5-6-8-22(20)28)23(30)11-14-29-12-9-18(10-13-29)26(31)19-15-24(32-2)27(34-4)25(16-19)33-3/h5-8,15-18H,9-14H2,1-4H3. The number of fused-ring (bicyclic) bond motifs is 1. The number of carbonyl (C=O) groups excluding carboxylic acids is 2. The number of likely N-dealkylation sites (tertiary alicyclic amines) is 1. The molecule has 0 aliphatic carbocycles. The van der Waals surface area contributed by atoms with Crippen molar-refractivity contribution in [2.75, 3.05) is 41.0 Å². The minimum absolute atomic E-state index is 0.0622. The van der Waals surface area contributed by atoms with Gasteiger partial charge in [0.1, 0.15) is 0 Å². The van der Waals surface area contributed by atoms with E-state index in [1.165, 1.54) is 0 Å². The number of hydrogen-bond acceptors (Lipinski definition) is 6. The largest absolute Gasteiger partial charge is 0.493 e. The van der Waals surface area contributed by atoms with Gasteiger partial charge in [-0.15, -0.1) is 0 Å². The second-order valence-corrected chi connectivity index (χ2v) is 8.74. The van der Waals surface area contributed by atoms with E-state index in [4.69, 9.17) is 14.2 Å². The number of Topliss-reactive ketones (excluding diaryl/α,β-unsaturated/α-hetero) is 2. The Kier molecular flexibility index (Phi) is 7.22. The number of methoxy groups -OCH3 is 3. The maximum atomic E-state index is 13.2. The van der Waals surface area contributed by atoms with E-state index in [1.54, 1.807) is 33.5 Å². The van der Waals surface area contributed by atoms with Gasteiger partial charge in [0, 0.05) is 54.2 Å². The van der Waals surface area contributed by atoms with Gasteiger partial charge in [-0.05, 0) is 44.1 Å². The Hall–Kier alpha value is -3.32. The number of aryl methyl sites for hydroxylation is 1. The molecule has 1 saturated heterocycles. The lowest BCUT2D eigenvalue weighted by molar-refractivity contribution is 0.0822. The number of hydrogen-bond donors (Lipinski definition) is 0. The van der Waals surface area contributed by atoms with E-state index in [-0.39, 0.29) is 17.5 Å². The summed E-state index contributed by atoms with van der Waals surface area (Å²) in [4.78, 5) is 28.4. The molecule has 0 atom stereocenters. The van der Waals surface area contributed by atoms with Crippen LogP contribution in [0.15, 0.2) is 42.6 Å². The molecule has 2 aromatic carbocycles. The van der Waals surface area contributed by atoms with E-state index in [0.717, 1.165) is 42.4 Å². The second-order valence-electron chi connectivity index (χ2n) is 8.74. The molecule has 0 unspecified atom stereocenters. The van der Waals surface area contributed by atoms with Crippen LogP contribution in [0.2, 0.25) is 0 Å². The van der Waals surface area contributed by atoms with E-state index in [0.29, 0.717) is 35.8 Å². The summed E-state index contributed by atoms with van der Waals surface area (Å²) in [7, 11) is 6.60. The van der Waals surface area contributed by atoms with Gasteiger partial charge in [-0.25, -0.2) is 0 Å². The molecule has 7 heteroatoms. The highest BCUT2D eigenvalue weighted by Crippen LogP contribution is 2.39. The third kappa shape index (κ3) is 4.66. The van der Waals surface area contributed by atoms with Gasteiger partial charge in [-0.1, -0.05) is 18.2 Å². The van der Waals surface area contributed by atoms with E-state index in [2.05, 4.69) is 4.90 Å². The van der Waals surface area contributed by atoms with Gasteiger partial charge in [0.2, 0.25) is 5.75 Å². The van der Waals surface area contributed by atoms with Gasteiger partial charge in [0.15, 0.2) is 23.1 Å². The van der Waals surface area contributed by atoms with Crippen molar-refractivity contribution < 1.29 is 23.8 Å². The zero-order valence-electron chi connectivity index (χ0n) is 20.3. The highest BCUT2D eigenvalue weighted by atomic mass is 16.5. The van der Waals surface area contributed by atoms with Gasteiger partial charge in [-0.3, -0.25) is 9.59 Å².